The summed E-state index contributed by atoms with van der Waals surface area (Å²) in [5.41, 5.74) is 0.479. The molecule has 0 aromatic carbocycles. The van der Waals surface area contributed by atoms with Crippen LogP contribution in [0.1, 0.15) is 20.8 Å². The number of rotatable bonds is 5. The van der Waals surface area contributed by atoms with Gasteiger partial charge in [-0.1, -0.05) is 6.58 Å². The highest BCUT2D eigenvalue weighted by Crippen LogP contribution is 2.10. The summed E-state index contributed by atoms with van der Waals surface area (Å²) in [7, 11) is 3.36. The monoisotopic (exact) mass is 241 g/mol. The Kier molecular flexibility index (Phi) is 6.02. The number of carbonyl (C=O) groups is 2. The van der Waals surface area contributed by atoms with Crippen LogP contribution in [0.3, 0.4) is 0 Å². The van der Waals surface area contributed by atoms with Crippen molar-refractivity contribution in [3.05, 3.63) is 23.6 Å². The Morgan fingerprint density at radius 1 is 1.18 bits per heavy atom. The van der Waals surface area contributed by atoms with E-state index in [0.29, 0.717) is 0 Å². The molecule has 5 heteroatoms. The molecule has 0 aromatic rings. The fourth-order valence-electron chi connectivity index (χ4n) is 0.840. The topological polar surface area (TPSA) is 55.8 Å². The van der Waals surface area contributed by atoms with Gasteiger partial charge >= 0.3 is 11.9 Å². The molecule has 0 aliphatic heterocycles. The molecule has 0 spiro atoms. The number of hydrogen-bond donors (Lipinski definition) is 0. The molecule has 0 radical (unpaired) electrons. The summed E-state index contributed by atoms with van der Waals surface area (Å²) < 4.78 is 9.79. The molecule has 0 saturated carbocycles. The Balaban J connectivity index is 4.67. The van der Waals surface area contributed by atoms with Gasteiger partial charge < -0.3 is 14.4 Å². The molecule has 0 atom stereocenters. The van der Waals surface area contributed by atoms with Gasteiger partial charge in [0.25, 0.3) is 0 Å². The van der Waals surface area contributed by atoms with Crippen LogP contribution in [-0.4, -0.2) is 37.5 Å². The molecule has 0 saturated heterocycles. The van der Waals surface area contributed by atoms with Crippen molar-refractivity contribution >= 4 is 11.9 Å². The molecule has 0 amide bonds. The smallest absolute Gasteiger partial charge is 0.359 e. The maximum Gasteiger partial charge on any atom is 0.359 e. The van der Waals surface area contributed by atoms with Gasteiger partial charge in [0, 0.05) is 14.1 Å². The van der Waals surface area contributed by atoms with Gasteiger partial charge in [0.2, 0.25) is 0 Å². The van der Waals surface area contributed by atoms with E-state index in [1.165, 1.54) is 11.8 Å². The SMILES string of the molecule is C=C(C(=O)OC(C)=C(C)C(=O)OCC)N(C)C. The number of hydrogen-bond acceptors (Lipinski definition) is 5. The summed E-state index contributed by atoms with van der Waals surface area (Å²) in [5.74, 6) is -0.860. The average Bonchev–Trinajstić information content (AvgIpc) is 2.26. The van der Waals surface area contributed by atoms with Crippen LogP contribution in [0.2, 0.25) is 0 Å². The van der Waals surface area contributed by atoms with E-state index < -0.39 is 11.9 Å². The first-order chi connectivity index (χ1) is 7.81. The first-order valence-electron chi connectivity index (χ1n) is 5.24. The van der Waals surface area contributed by atoms with Gasteiger partial charge in [-0.05, 0) is 20.8 Å². The minimum Gasteiger partial charge on any atom is -0.463 e. The predicted octanol–water partition coefficient (Wildman–Crippen LogP) is 1.46. The zero-order valence-electron chi connectivity index (χ0n) is 11.0. The van der Waals surface area contributed by atoms with Gasteiger partial charge in [-0.3, -0.25) is 0 Å². The number of carbonyl (C=O) groups excluding carboxylic acids is 2. The zero-order valence-corrected chi connectivity index (χ0v) is 11.0. The predicted molar refractivity (Wildman–Crippen MR) is 63.9 cm³/mol. The van der Waals surface area contributed by atoms with Crippen molar-refractivity contribution in [2.24, 2.45) is 0 Å². The molecular weight excluding hydrogens is 222 g/mol. The molecule has 0 heterocycles. The molecule has 0 rings (SSSR count). The Labute approximate surface area is 102 Å². The number of allylic oxidation sites excluding steroid dienone is 1. The van der Waals surface area contributed by atoms with Crippen molar-refractivity contribution < 1.29 is 19.1 Å². The molecule has 17 heavy (non-hydrogen) atoms. The lowest BCUT2D eigenvalue weighted by molar-refractivity contribution is -0.139. The van der Waals surface area contributed by atoms with Crippen LogP contribution in [0, 0.1) is 0 Å². The maximum absolute atomic E-state index is 11.5. The highest BCUT2D eigenvalue weighted by atomic mass is 16.5. The summed E-state index contributed by atoms with van der Waals surface area (Å²) >= 11 is 0. The minimum absolute atomic E-state index is 0.209. The lowest BCUT2D eigenvalue weighted by Gasteiger charge is -2.15. The third kappa shape index (κ3) is 4.72. The summed E-state index contributed by atoms with van der Waals surface area (Å²) in [6.45, 7) is 8.62. The van der Waals surface area contributed by atoms with E-state index in [4.69, 9.17) is 9.47 Å². The summed E-state index contributed by atoms with van der Waals surface area (Å²) in [6.07, 6.45) is 0. The molecule has 0 fully saturated rings. The van der Waals surface area contributed by atoms with Crippen molar-refractivity contribution in [3.8, 4) is 0 Å². The second-order valence-corrected chi connectivity index (χ2v) is 3.63. The quantitative estimate of drug-likeness (QED) is 0.414. The van der Waals surface area contributed by atoms with E-state index in [1.807, 2.05) is 0 Å². The number of ether oxygens (including phenoxy) is 2. The van der Waals surface area contributed by atoms with E-state index in [0.717, 1.165) is 0 Å². The number of esters is 2. The van der Waals surface area contributed by atoms with Crippen molar-refractivity contribution in [1.29, 1.82) is 0 Å². The third-order valence-corrected chi connectivity index (χ3v) is 2.13. The molecule has 0 unspecified atom stereocenters. The number of nitrogens with zero attached hydrogens (tertiary/aromatic N) is 1. The standard InChI is InChI=1S/C12H19NO4/c1-7-16-11(14)8(2)10(4)17-12(15)9(3)13(5)6/h3,7H2,1-2,4-6H3. The van der Waals surface area contributed by atoms with E-state index in [9.17, 15) is 9.59 Å². The van der Waals surface area contributed by atoms with Crippen LogP contribution in [-0.2, 0) is 19.1 Å². The van der Waals surface area contributed by atoms with Crippen LogP contribution in [0.4, 0.5) is 0 Å². The second-order valence-electron chi connectivity index (χ2n) is 3.63. The fraction of sp³-hybridized carbons (Fsp3) is 0.500. The van der Waals surface area contributed by atoms with Gasteiger partial charge in [0.05, 0.1) is 12.2 Å². The second kappa shape index (κ2) is 6.73. The van der Waals surface area contributed by atoms with Crippen LogP contribution in [0.25, 0.3) is 0 Å². The van der Waals surface area contributed by atoms with E-state index in [-0.39, 0.29) is 23.6 Å². The molecule has 0 N–H and O–H groups in total. The van der Waals surface area contributed by atoms with Crippen molar-refractivity contribution in [2.75, 3.05) is 20.7 Å². The highest BCUT2D eigenvalue weighted by molar-refractivity contribution is 5.91. The molecule has 0 aromatic heterocycles. The highest BCUT2D eigenvalue weighted by Gasteiger charge is 2.15. The Hall–Kier alpha value is -1.78. The van der Waals surface area contributed by atoms with Crippen LogP contribution >= 0.6 is 0 Å². The summed E-state index contributed by atoms with van der Waals surface area (Å²) in [5, 5.41) is 0. The maximum atomic E-state index is 11.5. The molecule has 96 valence electrons. The van der Waals surface area contributed by atoms with Crippen molar-refractivity contribution in [1.82, 2.24) is 4.90 Å². The zero-order chi connectivity index (χ0) is 13.6. The van der Waals surface area contributed by atoms with Gasteiger partial charge in [-0.15, -0.1) is 0 Å². The Morgan fingerprint density at radius 3 is 2.12 bits per heavy atom. The normalized spacial score (nSPS) is 11.4. The fourth-order valence-corrected chi connectivity index (χ4v) is 0.840. The first-order valence-corrected chi connectivity index (χ1v) is 5.24. The van der Waals surface area contributed by atoms with Gasteiger partial charge in [-0.2, -0.15) is 0 Å². The van der Waals surface area contributed by atoms with Crippen LogP contribution < -0.4 is 0 Å². The van der Waals surface area contributed by atoms with E-state index in [2.05, 4.69) is 6.58 Å². The summed E-state index contributed by atoms with van der Waals surface area (Å²) in [4.78, 5) is 24.4. The molecule has 0 aliphatic rings. The van der Waals surface area contributed by atoms with Crippen LogP contribution in [0.15, 0.2) is 23.6 Å². The molecule has 0 aliphatic carbocycles. The summed E-state index contributed by atoms with van der Waals surface area (Å²) in [6, 6.07) is 0. The lowest BCUT2D eigenvalue weighted by Crippen LogP contribution is -2.20. The number of likely N-dealkylation sites (N-methyl/N-ethyl adjacent to an activating group) is 1. The van der Waals surface area contributed by atoms with Crippen molar-refractivity contribution in [2.45, 2.75) is 20.8 Å². The largest absolute Gasteiger partial charge is 0.463 e. The van der Waals surface area contributed by atoms with Crippen molar-refractivity contribution in [3.63, 3.8) is 0 Å². The van der Waals surface area contributed by atoms with Gasteiger partial charge in [0.1, 0.15) is 11.5 Å². The average molecular weight is 241 g/mol. The van der Waals surface area contributed by atoms with E-state index >= 15 is 0 Å². The van der Waals surface area contributed by atoms with Crippen LogP contribution in [0.5, 0.6) is 0 Å². The Bertz CT molecular complexity index is 356. The molecular formula is C12H19NO4. The van der Waals surface area contributed by atoms with Gasteiger partial charge in [0.15, 0.2) is 0 Å². The third-order valence-electron chi connectivity index (χ3n) is 2.13. The van der Waals surface area contributed by atoms with E-state index in [1.54, 1.807) is 27.9 Å². The van der Waals surface area contributed by atoms with Gasteiger partial charge in [-0.25, -0.2) is 9.59 Å². The first kappa shape index (κ1) is 15.2. The lowest BCUT2D eigenvalue weighted by atomic mass is 10.2. The minimum atomic E-state index is -0.587. The molecule has 0 bridgehead atoms. The molecule has 5 nitrogen and oxygen atoms in total. The Morgan fingerprint density at radius 2 is 1.71 bits per heavy atom.